The van der Waals surface area contributed by atoms with Gasteiger partial charge in [0.25, 0.3) is 0 Å². The van der Waals surface area contributed by atoms with E-state index in [9.17, 15) is 0 Å². The lowest BCUT2D eigenvalue weighted by Crippen LogP contribution is -2.09. The Balaban J connectivity index is 2.21. The average Bonchev–Trinajstić information content (AvgIpc) is 2.82. The summed E-state index contributed by atoms with van der Waals surface area (Å²) in [5.41, 5.74) is 0. The lowest BCUT2D eigenvalue weighted by Gasteiger charge is -2.06. The van der Waals surface area contributed by atoms with Crippen molar-refractivity contribution in [3.63, 3.8) is 0 Å². The number of hydrogen-bond donors (Lipinski definition) is 1. The molecule has 2 aromatic rings. The molecule has 0 aliphatic rings. The molecule has 0 saturated carbocycles. The summed E-state index contributed by atoms with van der Waals surface area (Å²) in [6.45, 7) is 5.18. The molecule has 96 valence electrons. The van der Waals surface area contributed by atoms with E-state index in [2.05, 4.69) is 25.3 Å². The van der Waals surface area contributed by atoms with Crippen LogP contribution in [-0.2, 0) is 6.42 Å². The Bertz CT molecular complexity index is 464. The van der Waals surface area contributed by atoms with Crippen molar-refractivity contribution in [2.75, 3.05) is 18.5 Å². The first kappa shape index (κ1) is 12.7. The van der Waals surface area contributed by atoms with Crippen molar-refractivity contribution in [2.24, 2.45) is 0 Å². The third-order valence-electron chi connectivity index (χ3n) is 2.06. The zero-order chi connectivity index (χ0) is 12.8. The van der Waals surface area contributed by atoms with Crippen LogP contribution in [0.2, 0.25) is 0 Å². The summed E-state index contributed by atoms with van der Waals surface area (Å²) in [5.74, 6) is 1.21. The van der Waals surface area contributed by atoms with Crippen LogP contribution in [0.25, 0.3) is 0 Å². The second-order valence-corrected chi connectivity index (χ2v) is 4.40. The van der Waals surface area contributed by atoms with Gasteiger partial charge in [0, 0.05) is 18.1 Å². The summed E-state index contributed by atoms with van der Waals surface area (Å²) in [4.78, 5) is 17.0. The Morgan fingerprint density at radius 3 is 2.83 bits per heavy atom. The van der Waals surface area contributed by atoms with Crippen molar-refractivity contribution in [1.29, 1.82) is 0 Å². The maximum absolute atomic E-state index is 5.33. The summed E-state index contributed by atoms with van der Waals surface area (Å²) in [6, 6.07) is 0.356. The van der Waals surface area contributed by atoms with Gasteiger partial charge in [-0.3, -0.25) is 0 Å². The van der Waals surface area contributed by atoms with Crippen molar-refractivity contribution in [3.8, 4) is 6.01 Å². The van der Waals surface area contributed by atoms with E-state index in [0.29, 0.717) is 30.8 Å². The Kier molecular flexibility index (Phi) is 4.40. The van der Waals surface area contributed by atoms with E-state index in [1.807, 2.05) is 19.2 Å². The van der Waals surface area contributed by atoms with Crippen LogP contribution in [0.3, 0.4) is 0 Å². The van der Waals surface area contributed by atoms with Gasteiger partial charge in [0.05, 0.1) is 13.0 Å². The SMILES string of the molecule is CCNc1nc(Cc2nccs2)nc(OCC)n1. The standard InChI is InChI=1S/C11H15N5OS/c1-3-12-10-14-8(7-9-13-5-6-18-9)15-11(16-10)17-4-2/h5-6H,3-4,7H2,1-2H3,(H,12,14,15,16). The third-order valence-corrected chi connectivity index (χ3v) is 2.84. The second kappa shape index (κ2) is 6.25. The van der Waals surface area contributed by atoms with Crippen molar-refractivity contribution < 1.29 is 4.74 Å². The van der Waals surface area contributed by atoms with Crippen LogP contribution in [0.5, 0.6) is 6.01 Å². The molecule has 18 heavy (non-hydrogen) atoms. The lowest BCUT2D eigenvalue weighted by molar-refractivity contribution is 0.310. The van der Waals surface area contributed by atoms with Crippen molar-refractivity contribution >= 4 is 17.3 Å². The maximum Gasteiger partial charge on any atom is 0.321 e. The van der Waals surface area contributed by atoms with Crippen molar-refractivity contribution in [2.45, 2.75) is 20.3 Å². The van der Waals surface area contributed by atoms with Gasteiger partial charge in [-0.25, -0.2) is 4.98 Å². The first-order chi connectivity index (χ1) is 8.81. The number of nitrogens with zero attached hydrogens (tertiary/aromatic N) is 4. The van der Waals surface area contributed by atoms with Crippen LogP contribution in [-0.4, -0.2) is 33.1 Å². The Labute approximate surface area is 109 Å². The fourth-order valence-corrected chi connectivity index (χ4v) is 2.00. The molecule has 0 fully saturated rings. The monoisotopic (exact) mass is 265 g/mol. The number of aromatic nitrogens is 4. The van der Waals surface area contributed by atoms with E-state index >= 15 is 0 Å². The van der Waals surface area contributed by atoms with Gasteiger partial charge in [-0.15, -0.1) is 11.3 Å². The van der Waals surface area contributed by atoms with E-state index < -0.39 is 0 Å². The van der Waals surface area contributed by atoms with Crippen LogP contribution in [0.1, 0.15) is 24.7 Å². The molecule has 0 amide bonds. The number of rotatable bonds is 6. The van der Waals surface area contributed by atoms with Gasteiger partial charge in [-0.2, -0.15) is 15.0 Å². The molecule has 0 aliphatic heterocycles. The largest absolute Gasteiger partial charge is 0.464 e. The Morgan fingerprint density at radius 1 is 1.28 bits per heavy atom. The Hall–Kier alpha value is -1.76. The molecule has 0 aromatic carbocycles. The molecule has 7 heteroatoms. The number of hydrogen-bond acceptors (Lipinski definition) is 7. The molecule has 0 atom stereocenters. The fraction of sp³-hybridized carbons (Fsp3) is 0.455. The topological polar surface area (TPSA) is 72.8 Å². The highest BCUT2D eigenvalue weighted by molar-refractivity contribution is 7.09. The van der Waals surface area contributed by atoms with E-state index in [0.717, 1.165) is 11.6 Å². The van der Waals surface area contributed by atoms with Gasteiger partial charge >= 0.3 is 6.01 Å². The van der Waals surface area contributed by atoms with Gasteiger partial charge in [0.15, 0.2) is 0 Å². The highest BCUT2D eigenvalue weighted by Crippen LogP contribution is 2.13. The molecule has 2 aromatic heterocycles. The minimum Gasteiger partial charge on any atom is -0.464 e. The number of thiazole rings is 1. The summed E-state index contributed by atoms with van der Waals surface area (Å²) >= 11 is 1.58. The first-order valence-corrected chi connectivity index (χ1v) is 6.69. The fourth-order valence-electron chi connectivity index (χ4n) is 1.38. The van der Waals surface area contributed by atoms with E-state index in [1.54, 1.807) is 17.5 Å². The number of nitrogens with one attached hydrogen (secondary N) is 1. The average molecular weight is 265 g/mol. The van der Waals surface area contributed by atoms with E-state index in [1.165, 1.54) is 0 Å². The predicted molar refractivity (Wildman–Crippen MR) is 70.1 cm³/mol. The highest BCUT2D eigenvalue weighted by Gasteiger charge is 2.08. The summed E-state index contributed by atoms with van der Waals surface area (Å²) in [7, 11) is 0. The van der Waals surface area contributed by atoms with Gasteiger partial charge in [-0.05, 0) is 13.8 Å². The molecule has 2 heterocycles. The quantitative estimate of drug-likeness (QED) is 0.857. The first-order valence-electron chi connectivity index (χ1n) is 5.81. The second-order valence-electron chi connectivity index (χ2n) is 3.42. The zero-order valence-electron chi connectivity index (χ0n) is 10.4. The van der Waals surface area contributed by atoms with Crippen LogP contribution in [0.4, 0.5) is 5.95 Å². The van der Waals surface area contributed by atoms with Crippen LogP contribution >= 0.6 is 11.3 Å². The molecule has 1 N–H and O–H groups in total. The molecule has 0 spiro atoms. The van der Waals surface area contributed by atoms with E-state index in [4.69, 9.17) is 4.74 Å². The van der Waals surface area contributed by atoms with Crippen molar-refractivity contribution in [1.82, 2.24) is 19.9 Å². The van der Waals surface area contributed by atoms with Crippen molar-refractivity contribution in [3.05, 3.63) is 22.4 Å². The van der Waals surface area contributed by atoms with Crippen LogP contribution < -0.4 is 10.1 Å². The van der Waals surface area contributed by atoms with Crippen LogP contribution in [0, 0.1) is 0 Å². The molecule has 6 nitrogen and oxygen atoms in total. The molecular formula is C11H15N5OS. The number of anilines is 1. The van der Waals surface area contributed by atoms with Gasteiger partial charge < -0.3 is 10.1 Å². The van der Waals surface area contributed by atoms with Gasteiger partial charge in [0.1, 0.15) is 10.8 Å². The molecule has 0 radical (unpaired) electrons. The summed E-state index contributed by atoms with van der Waals surface area (Å²) in [5, 5.41) is 5.98. The van der Waals surface area contributed by atoms with Gasteiger partial charge in [0.2, 0.25) is 5.95 Å². The predicted octanol–water partition coefficient (Wildman–Crippen LogP) is 1.75. The summed E-state index contributed by atoms with van der Waals surface area (Å²) in [6.07, 6.45) is 2.37. The third kappa shape index (κ3) is 3.36. The molecule has 0 saturated heterocycles. The Morgan fingerprint density at radius 2 is 2.17 bits per heavy atom. The van der Waals surface area contributed by atoms with E-state index in [-0.39, 0.29) is 0 Å². The molecule has 0 bridgehead atoms. The molecule has 0 unspecified atom stereocenters. The smallest absolute Gasteiger partial charge is 0.321 e. The maximum atomic E-state index is 5.33. The lowest BCUT2D eigenvalue weighted by atomic mass is 10.4. The molecular weight excluding hydrogens is 250 g/mol. The highest BCUT2D eigenvalue weighted by atomic mass is 32.1. The number of ether oxygens (including phenoxy) is 1. The normalized spacial score (nSPS) is 10.3. The summed E-state index contributed by atoms with van der Waals surface area (Å²) < 4.78 is 5.33. The molecule has 2 rings (SSSR count). The minimum absolute atomic E-state index is 0.356. The van der Waals surface area contributed by atoms with Gasteiger partial charge in [-0.1, -0.05) is 0 Å². The molecule has 0 aliphatic carbocycles. The van der Waals surface area contributed by atoms with Crippen LogP contribution in [0.15, 0.2) is 11.6 Å². The zero-order valence-corrected chi connectivity index (χ0v) is 11.2. The minimum atomic E-state index is 0.356.